The van der Waals surface area contributed by atoms with Crippen molar-refractivity contribution in [1.29, 1.82) is 0 Å². The van der Waals surface area contributed by atoms with Crippen LogP contribution < -0.4 is 11.5 Å². The molecule has 3 aromatic rings. The Hall–Kier alpha value is -2.21. The van der Waals surface area contributed by atoms with Gasteiger partial charge in [0.05, 0.1) is 10.7 Å². The van der Waals surface area contributed by atoms with Crippen molar-refractivity contribution in [2.45, 2.75) is 31.8 Å². The molecule has 4 nitrogen and oxygen atoms in total. The van der Waals surface area contributed by atoms with Gasteiger partial charge in [0, 0.05) is 22.0 Å². The highest BCUT2D eigenvalue weighted by atomic mass is 35.5. The fourth-order valence-electron chi connectivity index (χ4n) is 4.06. The summed E-state index contributed by atoms with van der Waals surface area (Å²) in [6, 6.07) is 9.23. The number of carbonyl (C=O) groups is 1. The van der Waals surface area contributed by atoms with Crippen molar-refractivity contribution < 1.29 is 9.18 Å². The number of rotatable bonds is 3. The van der Waals surface area contributed by atoms with Gasteiger partial charge in [0.25, 0.3) is 0 Å². The Morgan fingerprint density at radius 3 is 2.78 bits per heavy atom. The van der Waals surface area contributed by atoms with Crippen LogP contribution in [-0.4, -0.2) is 10.8 Å². The maximum atomic E-state index is 13.3. The third-order valence-corrected chi connectivity index (χ3v) is 5.82. The number of ketones is 1. The second kappa shape index (κ2) is 6.44. The van der Waals surface area contributed by atoms with Crippen LogP contribution in [0.4, 0.5) is 4.39 Å². The van der Waals surface area contributed by atoms with Crippen molar-refractivity contribution in [2.24, 2.45) is 17.4 Å². The molecule has 1 heterocycles. The molecular formula is C21H21ClFN3O. The summed E-state index contributed by atoms with van der Waals surface area (Å²) >= 11 is 6.06. The summed E-state index contributed by atoms with van der Waals surface area (Å²) in [6.07, 6.45) is 2.59. The second-order valence-electron chi connectivity index (χ2n) is 7.42. The number of benzene rings is 2. The summed E-state index contributed by atoms with van der Waals surface area (Å²) in [6.45, 7) is 2.13. The average molecular weight is 386 g/mol. The third kappa shape index (κ3) is 3.06. The first-order valence-corrected chi connectivity index (χ1v) is 9.40. The molecular weight excluding hydrogens is 365 g/mol. The average Bonchev–Trinajstić information content (AvgIpc) is 2.99. The monoisotopic (exact) mass is 385 g/mol. The smallest absolute Gasteiger partial charge is 0.194 e. The fraction of sp³-hybridized carbons (Fsp3) is 0.286. The molecule has 2 aromatic carbocycles. The van der Waals surface area contributed by atoms with Crippen molar-refractivity contribution in [3.8, 4) is 0 Å². The standard InChI is InChI=1S/C21H21ClFN3O/c1-2-11-7-16-15-8-12(19(27)14-5-4-13(23)9-17(14)22)3-6-18(15)26-20(16)21(24,25)10-11/h3-6,8-9,11,26H,2,7,10,24-25H2,1H3. The predicted octanol–water partition coefficient (Wildman–Crippen LogP) is 4.23. The molecule has 0 saturated heterocycles. The van der Waals surface area contributed by atoms with Gasteiger partial charge in [-0.1, -0.05) is 24.9 Å². The van der Waals surface area contributed by atoms with Crippen molar-refractivity contribution in [3.05, 3.63) is 69.6 Å². The normalized spacial score (nSPS) is 18.5. The SMILES string of the molecule is CCC1Cc2c([nH]c3ccc(C(=O)c4ccc(F)cc4Cl)cc23)C(N)(N)C1. The molecule has 0 spiro atoms. The number of hydrogen-bond acceptors (Lipinski definition) is 3. The Balaban J connectivity index is 1.82. The Kier molecular flexibility index (Phi) is 4.34. The highest BCUT2D eigenvalue weighted by Crippen LogP contribution is 2.39. The zero-order valence-electron chi connectivity index (χ0n) is 15.0. The number of aromatic amines is 1. The molecule has 140 valence electrons. The number of nitrogens with one attached hydrogen (secondary N) is 1. The number of H-pyrrole nitrogens is 1. The lowest BCUT2D eigenvalue weighted by molar-refractivity contribution is 0.103. The molecule has 0 radical (unpaired) electrons. The Morgan fingerprint density at radius 2 is 2.07 bits per heavy atom. The van der Waals surface area contributed by atoms with Crippen LogP contribution in [0, 0.1) is 11.7 Å². The Labute approximate surface area is 161 Å². The first-order chi connectivity index (χ1) is 12.8. The van der Waals surface area contributed by atoms with E-state index in [2.05, 4.69) is 11.9 Å². The predicted molar refractivity (Wildman–Crippen MR) is 105 cm³/mol. The first kappa shape index (κ1) is 18.2. The number of carbonyl (C=O) groups excluding carboxylic acids is 1. The van der Waals surface area contributed by atoms with E-state index in [1.165, 1.54) is 12.1 Å². The van der Waals surface area contributed by atoms with E-state index in [9.17, 15) is 9.18 Å². The number of halogens is 2. The van der Waals surface area contributed by atoms with Gasteiger partial charge >= 0.3 is 0 Å². The molecule has 27 heavy (non-hydrogen) atoms. The van der Waals surface area contributed by atoms with E-state index in [0.29, 0.717) is 11.5 Å². The van der Waals surface area contributed by atoms with Crippen LogP contribution in [0.2, 0.25) is 5.02 Å². The van der Waals surface area contributed by atoms with Gasteiger partial charge in [-0.2, -0.15) is 0 Å². The largest absolute Gasteiger partial charge is 0.356 e. The lowest BCUT2D eigenvalue weighted by Crippen LogP contribution is -2.50. The van der Waals surface area contributed by atoms with E-state index < -0.39 is 11.5 Å². The maximum Gasteiger partial charge on any atom is 0.194 e. The maximum absolute atomic E-state index is 13.3. The van der Waals surface area contributed by atoms with Crippen LogP contribution in [0.15, 0.2) is 36.4 Å². The molecule has 0 bridgehead atoms. The summed E-state index contributed by atoms with van der Waals surface area (Å²) in [5.74, 6) is -0.316. The van der Waals surface area contributed by atoms with Crippen molar-refractivity contribution in [3.63, 3.8) is 0 Å². The molecule has 0 saturated carbocycles. The molecule has 1 unspecified atom stereocenters. The minimum atomic E-state index is -0.905. The van der Waals surface area contributed by atoms with Gasteiger partial charge in [0.2, 0.25) is 0 Å². The third-order valence-electron chi connectivity index (χ3n) is 5.51. The molecule has 6 heteroatoms. The van der Waals surface area contributed by atoms with Gasteiger partial charge in [-0.3, -0.25) is 4.79 Å². The quantitative estimate of drug-likeness (QED) is 0.465. The van der Waals surface area contributed by atoms with E-state index in [1.54, 1.807) is 6.07 Å². The van der Waals surface area contributed by atoms with Gasteiger partial charge in [-0.15, -0.1) is 0 Å². The molecule has 4 rings (SSSR count). The summed E-state index contributed by atoms with van der Waals surface area (Å²) in [4.78, 5) is 16.2. The lowest BCUT2D eigenvalue weighted by atomic mass is 9.79. The summed E-state index contributed by atoms with van der Waals surface area (Å²) in [7, 11) is 0. The summed E-state index contributed by atoms with van der Waals surface area (Å²) < 4.78 is 13.3. The number of nitrogens with two attached hydrogens (primary N) is 2. The molecule has 0 amide bonds. The first-order valence-electron chi connectivity index (χ1n) is 9.02. The van der Waals surface area contributed by atoms with Gasteiger partial charge < -0.3 is 16.5 Å². The van der Waals surface area contributed by atoms with E-state index in [4.69, 9.17) is 23.1 Å². The number of hydrogen-bond donors (Lipinski definition) is 3. The number of fused-ring (bicyclic) bond motifs is 3. The van der Waals surface area contributed by atoms with Crippen molar-refractivity contribution >= 4 is 28.3 Å². The van der Waals surface area contributed by atoms with Gasteiger partial charge in [0.1, 0.15) is 11.5 Å². The lowest BCUT2D eigenvalue weighted by Gasteiger charge is -2.34. The van der Waals surface area contributed by atoms with Gasteiger partial charge in [-0.05, 0) is 60.7 Å². The van der Waals surface area contributed by atoms with Crippen molar-refractivity contribution in [1.82, 2.24) is 4.98 Å². The van der Waals surface area contributed by atoms with E-state index in [-0.39, 0.29) is 16.4 Å². The topological polar surface area (TPSA) is 84.9 Å². The van der Waals surface area contributed by atoms with Crippen LogP contribution >= 0.6 is 11.6 Å². The van der Waals surface area contributed by atoms with E-state index >= 15 is 0 Å². The minimum Gasteiger partial charge on any atom is -0.356 e. The molecule has 1 aliphatic rings. The highest BCUT2D eigenvalue weighted by Gasteiger charge is 2.36. The molecule has 5 N–H and O–H groups in total. The molecule has 1 aromatic heterocycles. The van der Waals surface area contributed by atoms with Gasteiger partial charge in [0.15, 0.2) is 5.78 Å². The summed E-state index contributed by atoms with van der Waals surface area (Å²) in [5, 5.41) is 1.05. The molecule has 1 aliphatic carbocycles. The molecule has 1 atom stereocenters. The Morgan fingerprint density at radius 1 is 1.30 bits per heavy atom. The Bertz CT molecular complexity index is 1060. The zero-order chi connectivity index (χ0) is 19.3. The summed E-state index contributed by atoms with van der Waals surface area (Å²) in [5.41, 5.74) is 15.4. The van der Waals surface area contributed by atoms with Gasteiger partial charge in [-0.25, -0.2) is 4.39 Å². The molecule has 0 aliphatic heterocycles. The van der Waals surface area contributed by atoms with Crippen LogP contribution in [0.25, 0.3) is 10.9 Å². The van der Waals surface area contributed by atoms with E-state index in [1.807, 2.05) is 12.1 Å². The zero-order valence-corrected chi connectivity index (χ0v) is 15.7. The van der Waals surface area contributed by atoms with Crippen molar-refractivity contribution in [2.75, 3.05) is 0 Å². The molecule has 0 fully saturated rings. The second-order valence-corrected chi connectivity index (χ2v) is 7.82. The van der Waals surface area contributed by atoms with Crippen LogP contribution in [0.5, 0.6) is 0 Å². The highest BCUT2D eigenvalue weighted by molar-refractivity contribution is 6.35. The van der Waals surface area contributed by atoms with E-state index in [0.717, 1.165) is 47.5 Å². The van der Waals surface area contributed by atoms with Crippen LogP contribution in [0.1, 0.15) is 46.9 Å². The van der Waals surface area contributed by atoms with Crippen LogP contribution in [-0.2, 0) is 12.1 Å². The minimum absolute atomic E-state index is 0.102. The van der Waals surface area contributed by atoms with Crippen LogP contribution in [0.3, 0.4) is 0 Å². The number of aromatic nitrogens is 1. The fourth-order valence-corrected chi connectivity index (χ4v) is 4.31.